The average Bonchev–Trinajstić information content (AvgIpc) is 2.31. The lowest BCUT2D eigenvalue weighted by Crippen LogP contribution is -2.13. The van der Waals surface area contributed by atoms with Crippen molar-refractivity contribution in [3.05, 3.63) is 22.7 Å². The number of carbonyl (C=O) groups is 1. The van der Waals surface area contributed by atoms with Gasteiger partial charge in [0.25, 0.3) is 0 Å². The van der Waals surface area contributed by atoms with Gasteiger partial charge in [-0.05, 0) is 18.6 Å². The van der Waals surface area contributed by atoms with Crippen LogP contribution < -0.4 is 9.47 Å². The smallest absolute Gasteiger partial charge is 0.306 e. The fourth-order valence-electron chi connectivity index (χ4n) is 1.55. The van der Waals surface area contributed by atoms with Gasteiger partial charge in [-0.15, -0.1) is 0 Å². The number of hydrogen-bond donors (Lipinski definition) is 1. The molecule has 0 saturated heterocycles. The monoisotopic (exact) mass is 258 g/mol. The van der Waals surface area contributed by atoms with Gasteiger partial charge in [-0.2, -0.15) is 0 Å². The van der Waals surface area contributed by atoms with E-state index in [1.807, 2.05) is 0 Å². The SMILES string of the molecule is COc1ccc(Cl)c(CC(C)C(=O)O)c1OC. The van der Waals surface area contributed by atoms with E-state index in [1.165, 1.54) is 14.2 Å². The first-order valence-corrected chi connectivity index (χ1v) is 5.51. The van der Waals surface area contributed by atoms with Crippen molar-refractivity contribution in [2.45, 2.75) is 13.3 Å². The van der Waals surface area contributed by atoms with E-state index >= 15 is 0 Å². The molecule has 17 heavy (non-hydrogen) atoms. The van der Waals surface area contributed by atoms with Crippen molar-refractivity contribution in [1.29, 1.82) is 0 Å². The Bertz CT molecular complexity index is 417. The minimum Gasteiger partial charge on any atom is -0.493 e. The highest BCUT2D eigenvalue weighted by Gasteiger charge is 2.19. The third kappa shape index (κ3) is 3.03. The molecule has 1 unspecified atom stereocenters. The van der Waals surface area contributed by atoms with Crippen LogP contribution in [0.5, 0.6) is 11.5 Å². The zero-order valence-electron chi connectivity index (χ0n) is 9.99. The number of carboxylic acids is 1. The molecule has 0 spiro atoms. The summed E-state index contributed by atoms with van der Waals surface area (Å²) in [6.45, 7) is 1.62. The van der Waals surface area contributed by atoms with Gasteiger partial charge in [-0.25, -0.2) is 0 Å². The molecule has 0 saturated carbocycles. The maximum Gasteiger partial charge on any atom is 0.306 e. The zero-order valence-corrected chi connectivity index (χ0v) is 10.7. The lowest BCUT2D eigenvalue weighted by molar-refractivity contribution is -0.141. The highest BCUT2D eigenvalue weighted by atomic mass is 35.5. The molecule has 0 fully saturated rings. The molecule has 0 bridgehead atoms. The topological polar surface area (TPSA) is 55.8 Å². The number of aliphatic carboxylic acids is 1. The molecule has 1 aromatic carbocycles. The molecule has 0 radical (unpaired) electrons. The van der Waals surface area contributed by atoms with Gasteiger partial charge in [0.2, 0.25) is 0 Å². The zero-order chi connectivity index (χ0) is 13.0. The fraction of sp³-hybridized carbons (Fsp3) is 0.417. The molecule has 5 heteroatoms. The van der Waals surface area contributed by atoms with Crippen molar-refractivity contribution >= 4 is 17.6 Å². The first kappa shape index (κ1) is 13.6. The minimum atomic E-state index is -0.870. The van der Waals surface area contributed by atoms with Crippen LogP contribution in [0, 0.1) is 5.92 Å². The van der Waals surface area contributed by atoms with Crippen LogP contribution in [0.15, 0.2) is 12.1 Å². The average molecular weight is 259 g/mol. The van der Waals surface area contributed by atoms with Crippen molar-refractivity contribution in [3.63, 3.8) is 0 Å². The van der Waals surface area contributed by atoms with Crippen molar-refractivity contribution in [3.8, 4) is 11.5 Å². The van der Waals surface area contributed by atoms with Gasteiger partial charge >= 0.3 is 5.97 Å². The minimum absolute atomic E-state index is 0.300. The number of ether oxygens (including phenoxy) is 2. The number of methoxy groups -OCH3 is 2. The van der Waals surface area contributed by atoms with Crippen LogP contribution in [0.1, 0.15) is 12.5 Å². The molecule has 0 aliphatic carbocycles. The van der Waals surface area contributed by atoms with E-state index in [0.717, 1.165) is 0 Å². The van der Waals surface area contributed by atoms with E-state index < -0.39 is 11.9 Å². The summed E-state index contributed by atoms with van der Waals surface area (Å²) in [5.41, 5.74) is 0.656. The summed E-state index contributed by atoms with van der Waals surface area (Å²) in [4.78, 5) is 10.9. The number of rotatable bonds is 5. The van der Waals surface area contributed by atoms with Crippen LogP contribution in [0.4, 0.5) is 0 Å². The second-order valence-electron chi connectivity index (χ2n) is 3.70. The molecule has 0 amide bonds. The highest BCUT2D eigenvalue weighted by molar-refractivity contribution is 6.31. The molecular weight excluding hydrogens is 244 g/mol. The molecule has 0 aromatic heterocycles. The molecule has 1 atom stereocenters. The van der Waals surface area contributed by atoms with Crippen LogP contribution in [-0.2, 0) is 11.2 Å². The third-order valence-electron chi connectivity index (χ3n) is 2.52. The van der Waals surface area contributed by atoms with Gasteiger partial charge in [0.05, 0.1) is 20.1 Å². The lowest BCUT2D eigenvalue weighted by atomic mass is 10.00. The number of benzene rings is 1. The summed E-state index contributed by atoms with van der Waals surface area (Å²) in [6, 6.07) is 3.36. The fourth-order valence-corrected chi connectivity index (χ4v) is 1.78. The van der Waals surface area contributed by atoms with Gasteiger partial charge in [0.15, 0.2) is 11.5 Å². The standard InChI is InChI=1S/C12H15ClO4/c1-7(12(14)15)6-8-9(13)4-5-10(16-2)11(8)17-3/h4-5,7H,6H2,1-3H3,(H,14,15). The predicted molar refractivity (Wildman–Crippen MR) is 65.1 cm³/mol. The van der Waals surface area contributed by atoms with Crippen molar-refractivity contribution < 1.29 is 19.4 Å². The molecule has 94 valence electrons. The highest BCUT2D eigenvalue weighted by Crippen LogP contribution is 2.37. The second-order valence-corrected chi connectivity index (χ2v) is 4.11. The Hall–Kier alpha value is -1.42. The predicted octanol–water partition coefficient (Wildman–Crippen LogP) is 2.62. The van der Waals surface area contributed by atoms with Gasteiger partial charge in [0.1, 0.15) is 0 Å². The Kier molecular flexibility index (Phi) is 4.63. The molecule has 0 aliphatic rings. The Balaban J connectivity index is 3.16. The molecular formula is C12H15ClO4. The Morgan fingerprint density at radius 2 is 2.06 bits per heavy atom. The first-order chi connectivity index (χ1) is 8.01. The van der Waals surface area contributed by atoms with Crippen LogP contribution in [-0.4, -0.2) is 25.3 Å². The number of hydrogen-bond acceptors (Lipinski definition) is 3. The van der Waals surface area contributed by atoms with Crippen LogP contribution in [0.3, 0.4) is 0 Å². The largest absolute Gasteiger partial charge is 0.493 e. The summed E-state index contributed by atoms with van der Waals surface area (Å²) in [5, 5.41) is 9.39. The van der Waals surface area contributed by atoms with E-state index in [1.54, 1.807) is 19.1 Å². The van der Waals surface area contributed by atoms with Gasteiger partial charge in [-0.1, -0.05) is 18.5 Å². The molecule has 0 heterocycles. The van der Waals surface area contributed by atoms with Crippen molar-refractivity contribution in [2.24, 2.45) is 5.92 Å². The number of halogens is 1. The van der Waals surface area contributed by atoms with Crippen molar-refractivity contribution in [2.75, 3.05) is 14.2 Å². The van der Waals surface area contributed by atoms with E-state index in [-0.39, 0.29) is 0 Å². The van der Waals surface area contributed by atoms with E-state index in [9.17, 15) is 4.79 Å². The Labute approximate surface area is 105 Å². The van der Waals surface area contributed by atoms with Crippen LogP contribution in [0.25, 0.3) is 0 Å². The summed E-state index contributed by atoms with van der Waals surface area (Å²) in [5.74, 6) is -0.364. The van der Waals surface area contributed by atoms with Crippen LogP contribution >= 0.6 is 11.6 Å². The Morgan fingerprint density at radius 3 is 2.53 bits per heavy atom. The van der Waals surface area contributed by atoms with E-state index in [2.05, 4.69) is 0 Å². The van der Waals surface area contributed by atoms with Crippen LogP contribution in [0.2, 0.25) is 5.02 Å². The molecule has 0 aliphatic heterocycles. The first-order valence-electron chi connectivity index (χ1n) is 5.13. The molecule has 1 N–H and O–H groups in total. The normalized spacial score (nSPS) is 12.0. The second kappa shape index (κ2) is 5.77. The maximum atomic E-state index is 10.9. The summed E-state index contributed by atoms with van der Waals surface area (Å²) < 4.78 is 10.4. The summed E-state index contributed by atoms with van der Waals surface area (Å²) >= 11 is 6.06. The van der Waals surface area contributed by atoms with Gasteiger partial charge in [0, 0.05) is 10.6 Å². The quantitative estimate of drug-likeness (QED) is 0.882. The molecule has 1 rings (SSSR count). The van der Waals surface area contributed by atoms with Crippen molar-refractivity contribution in [1.82, 2.24) is 0 Å². The molecule has 1 aromatic rings. The van der Waals surface area contributed by atoms with Gasteiger partial charge in [-0.3, -0.25) is 4.79 Å². The van der Waals surface area contributed by atoms with E-state index in [0.29, 0.717) is 28.5 Å². The summed E-state index contributed by atoms with van der Waals surface area (Å²) in [7, 11) is 3.03. The molecule has 4 nitrogen and oxygen atoms in total. The third-order valence-corrected chi connectivity index (χ3v) is 2.88. The van der Waals surface area contributed by atoms with E-state index in [4.69, 9.17) is 26.2 Å². The Morgan fingerprint density at radius 1 is 1.41 bits per heavy atom. The lowest BCUT2D eigenvalue weighted by Gasteiger charge is -2.15. The van der Waals surface area contributed by atoms with Gasteiger partial charge < -0.3 is 14.6 Å². The maximum absolute atomic E-state index is 10.9. The number of carboxylic acid groups (broad SMARTS) is 1. The summed E-state index contributed by atoms with van der Waals surface area (Å²) in [6.07, 6.45) is 0.300.